The van der Waals surface area contributed by atoms with Gasteiger partial charge in [-0.05, 0) is 52.7 Å². The largest absolute Gasteiger partial charge is 0.420 e. The van der Waals surface area contributed by atoms with Gasteiger partial charge in [-0.15, -0.1) is 20.4 Å². The Morgan fingerprint density at radius 3 is 2.82 bits per heavy atom. The van der Waals surface area contributed by atoms with Crippen LogP contribution >= 0.6 is 50.6 Å². The number of anilines is 2. The fraction of sp³-hybridized carbons (Fsp3) is 0.111. The molecule has 4 rings (SSSR count). The van der Waals surface area contributed by atoms with Gasteiger partial charge >= 0.3 is 0 Å². The van der Waals surface area contributed by atoms with E-state index in [0.717, 1.165) is 25.6 Å². The molecule has 28 heavy (non-hydrogen) atoms. The third-order valence-electron chi connectivity index (χ3n) is 3.72. The van der Waals surface area contributed by atoms with Crippen molar-refractivity contribution in [3.05, 3.63) is 63.4 Å². The van der Waals surface area contributed by atoms with Gasteiger partial charge in [0.25, 0.3) is 0 Å². The maximum absolute atomic E-state index is 6.16. The van der Waals surface area contributed by atoms with Crippen LogP contribution in [-0.4, -0.2) is 20.4 Å². The lowest BCUT2D eigenvalue weighted by Crippen LogP contribution is -1.89. The van der Waals surface area contributed by atoms with Crippen molar-refractivity contribution in [1.82, 2.24) is 20.4 Å². The van der Waals surface area contributed by atoms with E-state index in [2.05, 4.69) is 41.6 Å². The zero-order valence-corrected chi connectivity index (χ0v) is 18.5. The summed E-state index contributed by atoms with van der Waals surface area (Å²) in [5.74, 6) is 1.53. The van der Waals surface area contributed by atoms with Gasteiger partial charge in [0.15, 0.2) is 4.34 Å². The second-order valence-electron chi connectivity index (χ2n) is 5.73. The molecule has 4 aromatic rings. The third-order valence-corrected chi connectivity index (χ3v) is 6.78. The van der Waals surface area contributed by atoms with E-state index in [1.54, 1.807) is 0 Å². The van der Waals surface area contributed by atoms with E-state index < -0.39 is 0 Å². The van der Waals surface area contributed by atoms with Gasteiger partial charge in [-0.2, -0.15) is 0 Å². The number of halogens is 2. The van der Waals surface area contributed by atoms with Gasteiger partial charge in [-0.3, -0.25) is 0 Å². The summed E-state index contributed by atoms with van der Waals surface area (Å²) in [6, 6.07) is 13.5. The molecular formula is C18H13BrClN5OS2. The number of thioether (sulfide) groups is 1. The van der Waals surface area contributed by atoms with Crippen LogP contribution < -0.4 is 5.32 Å². The Bertz CT molecular complexity index is 1120. The molecule has 6 nitrogen and oxygen atoms in total. The summed E-state index contributed by atoms with van der Waals surface area (Å²) < 4.78 is 7.47. The molecule has 0 bridgehead atoms. The summed E-state index contributed by atoms with van der Waals surface area (Å²) in [7, 11) is 0. The number of hydrogen-bond acceptors (Lipinski definition) is 8. The first-order valence-corrected chi connectivity index (χ1v) is 11.1. The van der Waals surface area contributed by atoms with E-state index in [0.29, 0.717) is 27.7 Å². The molecule has 0 radical (unpaired) electrons. The lowest BCUT2D eigenvalue weighted by Gasteiger charge is -2.03. The summed E-state index contributed by atoms with van der Waals surface area (Å²) in [4.78, 5) is 0. The Morgan fingerprint density at radius 1 is 1.14 bits per heavy atom. The molecule has 2 aromatic carbocycles. The lowest BCUT2D eigenvalue weighted by atomic mass is 10.2. The minimum absolute atomic E-state index is 0.485. The van der Waals surface area contributed by atoms with Crippen molar-refractivity contribution in [1.29, 1.82) is 0 Å². The molecule has 0 unspecified atom stereocenters. The first kappa shape index (κ1) is 19.4. The fourth-order valence-electron chi connectivity index (χ4n) is 2.29. The highest BCUT2D eigenvalue weighted by atomic mass is 79.9. The average molecular weight is 495 g/mol. The Kier molecular flexibility index (Phi) is 5.96. The lowest BCUT2D eigenvalue weighted by molar-refractivity contribution is 0.528. The number of nitrogens with one attached hydrogen (secondary N) is 1. The molecule has 0 aliphatic carbocycles. The predicted molar refractivity (Wildman–Crippen MR) is 116 cm³/mol. The van der Waals surface area contributed by atoms with Crippen LogP contribution in [0.5, 0.6) is 0 Å². The van der Waals surface area contributed by atoms with Crippen molar-refractivity contribution >= 4 is 61.4 Å². The van der Waals surface area contributed by atoms with Crippen molar-refractivity contribution in [3.63, 3.8) is 0 Å². The van der Waals surface area contributed by atoms with Gasteiger partial charge in [0.1, 0.15) is 0 Å². The van der Waals surface area contributed by atoms with Crippen LogP contribution in [0.4, 0.5) is 10.8 Å². The normalized spacial score (nSPS) is 11.0. The van der Waals surface area contributed by atoms with Crippen molar-refractivity contribution in [3.8, 4) is 11.5 Å². The van der Waals surface area contributed by atoms with E-state index in [4.69, 9.17) is 16.0 Å². The maximum Gasteiger partial charge on any atom is 0.248 e. The standard InChI is InChI=1S/C18H13BrClN5OS2/c1-10-6-7-11(8-14(10)20)21-17-24-25-18(28-17)27-9-15-22-23-16(26-15)12-4-2-3-5-13(12)19/h2-8H,9H2,1H3,(H,21,24). The minimum Gasteiger partial charge on any atom is -0.420 e. The molecule has 0 saturated heterocycles. The molecule has 2 aromatic heterocycles. The third kappa shape index (κ3) is 4.54. The molecule has 1 N–H and O–H groups in total. The smallest absolute Gasteiger partial charge is 0.248 e. The summed E-state index contributed by atoms with van der Waals surface area (Å²) in [5, 5.41) is 21.2. The quantitative estimate of drug-likeness (QED) is 0.313. The van der Waals surface area contributed by atoms with Gasteiger partial charge in [0, 0.05) is 15.2 Å². The molecule has 0 aliphatic heterocycles. The van der Waals surface area contributed by atoms with Gasteiger partial charge < -0.3 is 9.73 Å². The molecular weight excluding hydrogens is 482 g/mol. The number of rotatable bonds is 6. The van der Waals surface area contributed by atoms with Crippen LogP contribution in [0.25, 0.3) is 11.5 Å². The first-order chi connectivity index (χ1) is 13.6. The average Bonchev–Trinajstić information content (AvgIpc) is 3.33. The molecule has 0 fully saturated rings. The number of aryl methyl sites for hydroxylation is 1. The van der Waals surface area contributed by atoms with E-state index in [1.165, 1.54) is 23.1 Å². The highest BCUT2D eigenvalue weighted by molar-refractivity contribution is 9.10. The van der Waals surface area contributed by atoms with Crippen LogP contribution in [0.1, 0.15) is 11.5 Å². The summed E-state index contributed by atoms with van der Waals surface area (Å²) in [6.07, 6.45) is 0. The number of benzene rings is 2. The van der Waals surface area contributed by atoms with E-state index >= 15 is 0 Å². The van der Waals surface area contributed by atoms with Crippen molar-refractivity contribution in [2.45, 2.75) is 17.0 Å². The van der Waals surface area contributed by atoms with Crippen molar-refractivity contribution < 1.29 is 4.42 Å². The molecule has 0 atom stereocenters. The molecule has 10 heteroatoms. The van der Waals surface area contributed by atoms with Crippen LogP contribution in [-0.2, 0) is 5.75 Å². The molecule has 0 aliphatic rings. The molecule has 2 heterocycles. The van der Waals surface area contributed by atoms with Crippen LogP contribution in [0.3, 0.4) is 0 Å². The fourth-order valence-corrected chi connectivity index (χ4v) is 4.54. The summed E-state index contributed by atoms with van der Waals surface area (Å²) >= 11 is 12.6. The number of nitrogens with zero attached hydrogens (tertiary/aromatic N) is 4. The van der Waals surface area contributed by atoms with Crippen LogP contribution in [0.15, 0.2) is 55.7 Å². The Hall–Kier alpha value is -1.94. The van der Waals surface area contributed by atoms with Gasteiger partial charge in [-0.1, -0.05) is 52.9 Å². The molecule has 0 spiro atoms. The highest BCUT2D eigenvalue weighted by Crippen LogP contribution is 2.32. The molecule has 142 valence electrons. The van der Waals surface area contributed by atoms with Gasteiger partial charge in [0.05, 0.1) is 11.3 Å². The summed E-state index contributed by atoms with van der Waals surface area (Å²) in [6.45, 7) is 1.96. The second kappa shape index (κ2) is 8.60. The van der Waals surface area contributed by atoms with E-state index in [9.17, 15) is 0 Å². The Balaban J connectivity index is 1.38. The van der Waals surface area contributed by atoms with Gasteiger partial charge in [0.2, 0.25) is 16.9 Å². The monoisotopic (exact) mass is 493 g/mol. The number of hydrogen-bond donors (Lipinski definition) is 1. The maximum atomic E-state index is 6.16. The van der Waals surface area contributed by atoms with E-state index in [1.807, 2.05) is 49.4 Å². The Labute approximate surface area is 182 Å². The SMILES string of the molecule is Cc1ccc(Nc2nnc(SCc3nnc(-c4ccccc4Br)o3)s2)cc1Cl. The zero-order valence-electron chi connectivity index (χ0n) is 14.5. The topological polar surface area (TPSA) is 76.7 Å². The van der Waals surface area contributed by atoms with E-state index in [-0.39, 0.29) is 0 Å². The number of aromatic nitrogens is 4. The summed E-state index contributed by atoms with van der Waals surface area (Å²) in [5.41, 5.74) is 2.77. The van der Waals surface area contributed by atoms with Gasteiger partial charge in [-0.25, -0.2) is 0 Å². The second-order valence-corrected chi connectivity index (χ2v) is 9.19. The van der Waals surface area contributed by atoms with Crippen molar-refractivity contribution in [2.75, 3.05) is 5.32 Å². The van der Waals surface area contributed by atoms with Crippen LogP contribution in [0, 0.1) is 6.92 Å². The minimum atomic E-state index is 0.485. The van der Waals surface area contributed by atoms with Crippen molar-refractivity contribution in [2.24, 2.45) is 0 Å². The van der Waals surface area contributed by atoms with Crippen LogP contribution in [0.2, 0.25) is 5.02 Å². The molecule has 0 amide bonds. The highest BCUT2D eigenvalue weighted by Gasteiger charge is 2.13. The predicted octanol–water partition coefficient (Wildman–Crippen LogP) is 6.35. The Morgan fingerprint density at radius 2 is 2.00 bits per heavy atom. The zero-order chi connectivity index (χ0) is 19.5. The first-order valence-electron chi connectivity index (χ1n) is 8.15. The molecule has 0 saturated carbocycles.